The number of piperidine rings is 1. The normalized spacial score (nSPS) is 21.3. The predicted octanol–water partition coefficient (Wildman–Crippen LogP) is 2.93. The van der Waals surface area contributed by atoms with Gasteiger partial charge in [0.05, 0.1) is 0 Å². The number of rotatable bonds is 5. The number of benzene rings is 1. The van der Waals surface area contributed by atoms with Gasteiger partial charge in [-0.25, -0.2) is 8.78 Å². The van der Waals surface area contributed by atoms with Crippen molar-refractivity contribution < 1.29 is 8.78 Å². The fraction of sp³-hybridized carbons (Fsp3) is 0.625. The number of nitrogens with one attached hydrogen (secondary N) is 1. The van der Waals surface area contributed by atoms with Crippen LogP contribution in [-0.2, 0) is 6.54 Å². The minimum absolute atomic E-state index is 0.722. The van der Waals surface area contributed by atoms with Crippen LogP contribution < -0.4 is 5.32 Å². The minimum atomic E-state index is -0.765. The molecule has 1 aromatic carbocycles. The average molecular weight is 280 g/mol. The van der Waals surface area contributed by atoms with Crippen molar-refractivity contribution in [2.24, 2.45) is 5.92 Å². The molecule has 2 nitrogen and oxygen atoms in total. The Labute approximate surface area is 119 Å². The third-order valence-electron chi connectivity index (χ3n) is 4.37. The summed E-state index contributed by atoms with van der Waals surface area (Å²) in [5.74, 6) is -0.735. The molecule has 0 radical (unpaired) electrons. The van der Waals surface area contributed by atoms with E-state index in [1.165, 1.54) is 37.8 Å². The van der Waals surface area contributed by atoms with Gasteiger partial charge in [0.15, 0.2) is 11.6 Å². The van der Waals surface area contributed by atoms with Crippen molar-refractivity contribution in [3.8, 4) is 0 Å². The summed E-state index contributed by atoms with van der Waals surface area (Å²) in [6.45, 7) is 3.97. The predicted molar refractivity (Wildman–Crippen MR) is 75.4 cm³/mol. The summed E-state index contributed by atoms with van der Waals surface area (Å²) in [4.78, 5) is 2.33. The van der Waals surface area contributed by atoms with E-state index in [0.29, 0.717) is 0 Å². The molecule has 1 aliphatic heterocycles. The molecule has 1 N–H and O–H groups in total. The van der Waals surface area contributed by atoms with E-state index < -0.39 is 11.6 Å². The van der Waals surface area contributed by atoms with Crippen molar-refractivity contribution in [1.29, 1.82) is 0 Å². The highest BCUT2D eigenvalue weighted by Gasteiger charge is 2.24. The number of nitrogens with zero attached hydrogens (tertiary/aromatic N) is 1. The van der Waals surface area contributed by atoms with Crippen molar-refractivity contribution in [3.63, 3.8) is 0 Å². The molecule has 3 rings (SSSR count). The summed E-state index contributed by atoms with van der Waals surface area (Å²) >= 11 is 0. The largest absolute Gasteiger partial charge is 0.314 e. The second-order valence-electron chi connectivity index (χ2n) is 6.15. The summed E-state index contributed by atoms with van der Waals surface area (Å²) in [5, 5.41) is 3.59. The highest BCUT2D eigenvalue weighted by Crippen LogP contribution is 2.22. The zero-order valence-electron chi connectivity index (χ0n) is 11.7. The number of hydrogen-bond donors (Lipinski definition) is 1. The summed E-state index contributed by atoms with van der Waals surface area (Å²) in [7, 11) is 0. The maximum Gasteiger partial charge on any atom is 0.159 e. The van der Waals surface area contributed by atoms with Gasteiger partial charge < -0.3 is 5.32 Å². The molecule has 0 amide bonds. The van der Waals surface area contributed by atoms with Gasteiger partial charge in [-0.3, -0.25) is 4.90 Å². The Kier molecular flexibility index (Phi) is 4.32. The molecule has 1 aromatic rings. The highest BCUT2D eigenvalue weighted by molar-refractivity contribution is 5.17. The minimum Gasteiger partial charge on any atom is -0.314 e. The number of likely N-dealkylation sites (tertiary alicyclic amines) is 1. The monoisotopic (exact) mass is 280 g/mol. The van der Waals surface area contributed by atoms with Gasteiger partial charge in [-0.15, -0.1) is 0 Å². The van der Waals surface area contributed by atoms with Crippen molar-refractivity contribution >= 4 is 0 Å². The zero-order chi connectivity index (χ0) is 13.9. The molecular weight excluding hydrogens is 258 g/mol. The Bertz CT molecular complexity index is 452. The van der Waals surface area contributed by atoms with Crippen LogP contribution in [0.1, 0.15) is 31.2 Å². The van der Waals surface area contributed by atoms with Crippen LogP contribution in [0.25, 0.3) is 0 Å². The molecule has 20 heavy (non-hydrogen) atoms. The van der Waals surface area contributed by atoms with Crippen molar-refractivity contribution in [2.75, 3.05) is 19.6 Å². The molecule has 0 unspecified atom stereocenters. The lowest BCUT2D eigenvalue weighted by atomic mass is 9.96. The highest BCUT2D eigenvalue weighted by atomic mass is 19.2. The van der Waals surface area contributed by atoms with Gasteiger partial charge >= 0.3 is 0 Å². The molecule has 110 valence electrons. The molecular formula is C16H22F2N2. The van der Waals surface area contributed by atoms with Crippen LogP contribution in [0, 0.1) is 17.6 Å². The van der Waals surface area contributed by atoms with E-state index in [2.05, 4.69) is 10.2 Å². The first-order valence-electron chi connectivity index (χ1n) is 7.60. The molecule has 1 heterocycles. The lowest BCUT2D eigenvalue weighted by Crippen LogP contribution is -2.37. The maximum atomic E-state index is 13.2. The molecule has 0 spiro atoms. The lowest BCUT2D eigenvalue weighted by molar-refractivity contribution is 0.175. The van der Waals surface area contributed by atoms with E-state index in [4.69, 9.17) is 0 Å². The third kappa shape index (κ3) is 3.76. The fourth-order valence-corrected chi connectivity index (χ4v) is 2.87. The van der Waals surface area contributed by atoms with E-state index in [-0.39, 0.29) is 0 Å². The van der Waals surface area contributed by atoms with E-state index in [9.17, 15) is 8.78 Å². The zero-order valence-corrected chi connectivity index (χ0v) is 11.7. The molecule has 2 fully saturated rings. The van der Waals surface area contributed by atoms with E-state index in [1.807, 2.05) is 0 Å². The summed E-state index contributed by atoms with van der Waals surface area (Å²) < 4.78 is 26.1. The molecule has 0 aromatic heterocycles. The standard InChI is InChI=1S/C16H22F2N2/c17-15-4-1-13(9-16(15)18)11-20-7-5-12(6-8-20)10-19-14-2-3-14/h1,4,9,12,14,19H,2-3,5-8,10-11H2. The second-order valence-corrected chi connectivity index (χ2v) is 6.15. The molecule has 1 aliphatic carbocycles. The average Bonchev–Trinajstić information content (AvgIpc) is 3.26. The Morgan fingerprint density at radius 3 is 2.45 bits per heavy atom. The first-order chi connectivity index (χ1) is 9.70. The first-order valence-corrected chi connectivity index (χ1v) is 7.60. The first kappa shape index (κ1) is 14.0. The molecule has 1 saturated carbocycles. The fourth-order valence-electron chi connectivity index (χ4n) is 2.87. The van der Waals surface area contributed by atoms with Gasteiger partial charge in [0.25, 0.3) is 0 Å². The third-order valence-corrected chi connectivity index (χ3v) is 4.37. The van der Waals surface area contributed by atoms with Crippen LogP contribution in [-0.4, -0.2) is 30.6 Å². The van der Waals surface area contributed by atoms with Crippen molar-refractivity contribution in [3.05, 3.63) is 35.4 Å². The van der Waals surface area contributed by atoms with Gasteiger partial charge in [0.2, 0.25) is 0 Å². The van der Waals surface area contributed by atoms with Gasteiger partial charge in [-0.05, 0) is 68.9 Å². The van der Waals surface area contributed by atoms with Gasteiger partial charge in [0, 0.05) is 12.6 Å². The summed E-state index contributed by atoms with van der Waals surface area (Å²) in [5.41, 5.74) is 0.860. The van der Waals surface area contributed by atoms with Crippen LogP contribution in [0.2, 0.25) is 0 Å². The van der Waals surface area contributed by atoms with Crippen LogP contribution in [0.15, 0.2) is 18.2 Å². The molecule has 0 atom stereocenters. The quantitative estimate of drug-likeness (QED) is 0.892. The Hall–Kier alpha value is -1.00. The topological polar surface area (TPSA) is 15.3 Å². The van der Waals surface area contributed by atoms with Gasteiger partial charge in [0.1, 0.15) is 0 Å². The smallest absolute Gasteiger partial charge is 0.159 e. The van der Waals surface area contributed by atoms with E-state index >= 15 is 0 Å². The van der Waals surface area contributed by atoms with Crippen LogP contribution in [0.4, 0.5) is 8.78 Å². The summed E-state index contributed by atoms with van der Waals surface area (Å²) in [6, 6.07) is 5.00. The number of hydrogen-bond acceptors (Lipinski definition) is 2. The van der Waals surface area contributed by atoms with Crippen molar-refractivity contribution in [1.82, 2.24) is 10.2 Å². The van der Waals surface area contributed by atoms with Crippen molar-refractivity contribution in [2.45, 2.75) is 38.3 Å². The second kappa shape index (κ2) is 6.19. The van der Waals surface area contributed by atoms with Gasteiger partial charge in [-0.2, -0.15) is 0 Å². The summed E-state index contributed by atoms with van der Waals surface area (Å²) in [6.07, 6.45) is 5.08. The van der Waals surface area contributed by atoms with Crippen LogP contribution >= 0.6 is 0 Å². The Morgan fingerprint density at radius 1 is 1.05 bits per heavy atom. The Morgan fingerprint density at radius 2 is 1.80 bits per heavy atom. The van der Waals surface area contributed by atoms with E-state index in [0.717, 1.165) is 43.7 Å². The maximum absolute atomic E-state index is 13.2. The SMILES string of the molecule is Fc1ccc(CN2CCC(CNC3CC3)CC2)cc1F. The molecule has 4 heteroatoms. The molecule has 1 saturated heterocycles. The van der Waals surface area contributed by atoms with Gasteiger partial charge in [-0.1, -0.05) is 6.07 Å². The Balaban J connectivity index is 1.44. The lowest BCUT2D eigenvalue weighted by Gasteiger charge is -2.32. The van der Waals surface area contributed by atoms with E-state index in [1.54, 1.807) is 6.07 Å². The van der Waals surface area contributed by atoms with Crippen LogP contribution in [0.3, 0.4) is 0 Å². The van der Waals surface area contributed by atoms with Crippen LogP contribution in [0.5, 0.6) is 0 Å². The number of halogens is 2. The molecule has 2 aliphatic rings. The molecule has 0 bridgehead atoms.